The molecule has 1 aromatic heterocycles. The third-order valence-corrected chi connectivity index (χ3v) is 3.68. The molecule has 0 spiro atoms. The number of nitrogens with zero attached hydrogens (tertiary/aromatic N) is 2. The van der Waals surface area contributed by atoms with Crippen LogP contribution in [0.5, 0.6) is 0 Å². The molecule has 6 nitrogen and oxygen atoms in total. The highest BCUT2D eigenvalue weighted by Gasteiger charge is 2.27. The van der Waals surface area contributed by atoms with E-state index >= 15 is 0 Å². The molecule has 0 radical (unpaired) electrons. The standard InChI is InChI=1S/C13H21N3O3/c1-2-10(13(18)19)15-11-4-3-5-12-9(11)8-14-16(12)6-7-17/h8,10-11,15,17H,2-7H2,1H3,(H,18,19). The van der Waals surface area contributed by atoms with Crippen LogP contribution in [0.15, 0.2) is 6.20 Å². The number of aliphatic hydroxyl groups excluding tert-OH is 1. The van der Waals surface area contributed by atoms with Crippen molar-refractivity contribution in [1.82, 2.24) is 15.1 Å². The van der Waals surface area contributed by atoms with Gasteiger partial charge in [0.25, 0.3) is 0 Å². The Morgan fingerprint density at radius 1 is 1.68 bits per heavy atom. The van der Waals surface area contributed by atoms with Crippen molar-refractivity contribution in [3.8, 4) is 0 Å². The monoisotopic (exact) mass is 267 g/mol. The van der Waals surface area contributed by atoms with Crippen molar-refractivity contribution in [1.29, 1.82) is 0 Å². The Morgan fingerprint density at radius 2 is 2.47 bits per heavy atom. The highest BCUT2D eigenvalue weighted by molar-refractivity contribution is 5.73. The van der Waals surface area contributed by atoms with Gasteiger partial charge in [0.15, 0.2) is 0 Å². The predicted molar refractivity (Wildman–Crippen MR) is 69.8 cm³/mol. The van der Waals surface area contributed by atoms with Crippen molar-refractivity contribution in [2.45, 2.75) is 51.2 Å². The van der Waals surface area contributed by atoms with E-state index < -0.39 is 12.0 Å². The number of carboxylic acid groups (broad SMARTS) is 1. The molecule has 0 saturated heterocycles. The molecule has 2 unspecified atom stereocenters. The molecule has 1 aliphatic carbocycles. The minimum absolute atomic E-state index is 0.0530. The van der Waals surface area contributed by atoms with Crippen LogP contribution in [0.3, 0.4) is 0 Å². The molecule has 19 heavy (non-hydrogen) atoms. The minimum atomic E-state index is -0.808. The molecule has 2 rings (SSSR count). The summed E-state index contributed by atoms with van der Waals surface area (Å²) in [5, 5.41) is 25.6. The molecule has 0 aliphatic heterocycles. The number of nitrogens with one attached hydrogen (secondary N) is 1. The van der Waals surface area contributed by atoms with Gasteiger partial charge in [0.2, 0.25) is 0 Å². The van der Waals surface area contributed by atoms with Crippen molar-refractivity contribution in [2.24, 2.45) is 0 Å². The Labute approximate surface area is 112 Å². The molecule has 2 atom stereocenters. The van der Waals surface area contributed by atoms with E-state index in [0.29, 0.717) is 13.0 Å². The van der Waals surface area contributed by atoms with Gasteiger partial charge in [0.05, 0.1) is 19.3 Å². The molecule has 106 valence electrons. The summed E-state index contributed by atoms with van der Waals surface area (Å²) in [6.45, 7) is 2.43. The van der Waals surface area contributed by atoms with E-state index in [1.807, 2.05) is 11.6 Å². The van der Waals surface area contributed by atoms with Crippen molar-refractivity contribution >= 4 is 5.97 Å². The summed E-state index contributed by atoms with van der Waals surface area (Å²) < 4.78 is 1.82. The first-order valence-corrected chi connectivity index (χ1v) is 6.81. The summed E-state index contributed by atoms with van der Waals surface area (Å²) >= 11 is 0. The van der Waals surface area contributed by atoms with Crippen LogP contribution >= 0.6 is 0 Å². The first kappa shape index (κ1) is 14.0. The van der Waals surface area contributed by atoms with E-state index in [-0.39, 0.29) is 12.6 Å². The molecule has 0 saturated carbocycles. The molecule has 0 bridgehead atoms. The van der Waals surface area contributed by atoms with Gasteiger partial charge < -0.3 is 10.2 Å². The largest absolute Gasteiger partial charge is 0.480 e. The fraction of sp³-hybridized carbons (Fsp3) is 0.692. The third-order valence-electron chi connectivity index (χ3n) is 3.68. The highest BCUT2D eigenvalue weighted by atomic mass is 16.4. The maximum absolute atomic E-state index is 11.1. The number of aliphatic hydroxyl groups is 1. The first-order chi connectivity index (χ1) is 9.17. The summed E-state index contributed by atoms with van der Waals surface area (Å²) in [7, 11) is 0. The topological polar surface area (TPSA) is 87.4 Å². The van der Waals surface area contributed by atoms with Crippen LogP contribution in [0.4, 0.5) is 0 Å². The van der Waals surface area contributed by atoms with Crippen LogP contribution < -0.4 is 5.32 Å². The van der Waals surface area contributed by atoms with Crippen LogP contribution in [0.25, 0.3) is 0 Å². The molecule has 0 amide bonds. The number of rotatable bonds is 6. The number of aromatic nitrogens is 2. The first-order valence-electron chi connectivity index (χ1n) is 6.81. The summed E-state index contributed by atoms with van der Waals surface area (Å²) in [6, 6.07) is -0.464. The van der Waals surface area contributed by atoms with Crippen LogP contribution in [-0.4, -0.2) is 38.6 Å². The van der Waals surface area contributed by atoms with Crippen molar-refractivity contribution in [3.63, 3.8) is 0 Å². The van der Waals surface area contributed by atoms with Gasteiger partial charge in [0, 0.05) is 17.3 Å². The van der Waals surface area contributed by atoms with Gasteiger partial charge in [-0.15, -0.1) is 0 Å². The zero-order chi connectivity index (χ0) is 13.8. The van der Waals surface area contributed by atoms with E-state index in [1.165, 1.54) is 0 Å². The predicted octanol–water partition coefficient (Wildman–Crippen LogP) is 0.706. The second-order valence-corrected chi connectivity index (χ2v) is 4.90. The van der Waals surface area contributed by atoms with Crippen molar-refractivity contribution in [2.75, 3.05) is 6.61 Å². The molecular formula is C13H21N3O3. The van der Waals surface area contributed by atoms with Gasteiger partial charge >= 0.3 is 5.97 Å². The normalized spacial score (nSPS) is 20.0. The number of hydrogen-bond donors (Lipinski definition) is 3. The Morgan fingerprint density at radius 3 is 3.11 bits per heavy atom. The minimum Gasteiger partial charge on any atom is -0.480 e. The second-order valence-electron chi connectivity index (χ2n) is 4.90. The van der Waals surface area contributed by atoms with Gasteiger partial charge in [-0.05, 0) is 25.7 Å². The molecule has 1 heterocycles. The third kappa shape index (κ3) is 2.96. The lowest BCUT2D eigenvalue weighted by Gasteiger charge is -2.26. The smallest absolute Gasteiger partial charge is 0.320 e. The molecule has 3 N–H and O–H groups in total. The van der Waals surface area contributed by atoms with Crippen LogP contribution in [0.1, 0.15) is 43.5 Å². The Balaban J connectivity index is 2.16. The molecule has 0 aromatic carbocycles. The van der Waals surface area contributed by atoms with Crippen molar-refractivity contribution < 1.29 is 15.0 Å². The quantitative estimate of drug-likeness (QED) is 0.706. The van der Waals surface area contributed by atoms with Gasteiger partial charge in [-0.2, -0.15) is 5.10 Å². The average Bonchev–Trinajstić information content (AvgIpc) is 2.80. The van der Waals surface area contributed by atoms with Gasteiger partial charge in [0.1, 0.15) is 6.04 Å². The summed E-state index contributed by atoms with van der Waals surface area (Å²) in [4.78, 5) is 11.1. The fourth-order valence-electron chi connectivity index (χ4n) is 2.69. The lowest BCUT2D eigenvalue weighted by atomic mass is 9.92. The molecule has 1 aliphatic rings. The lowest BCUT2D eigenvalue weighted by molar-refractivity contribution is -0.139. The SMILES string of the molecule is CCC(NC1CCCc2c1cnn2CCO)C(=O)O. The Bertz CT molecular complexity index is 444. The maximum atomic E-state index is 11.1. The number of hydrogen-bond acceptors (Lipinski definition) is 4. The van der Waals surface area contributed by atoms with Crippen molar-refractivity contribution in [3.05, 3.63) is 17.5 Å². The van der Waals surface area contributed by atoms with Crippen LogP contribution in [-0.2, 0) is 17.8 Å². The fourth-order valence-corrected chi connectivity index (χ4v) is 2.69. The molecular weight excluding hydrogens is 246 g/mol. The zero-order valence-corrected chi connectivity index (χ0v) is 11.2. The Kier molecular flexibility index (Phi) is 4.55. The average molecular weight is 267 g/mol. The second kappa shape index (κ2) is 6.16. The summed E-state index contributed by atoms with van der Waals surface area (Å²) in [5.41, 5.74) is 2.21. The molecule has 0 fully saturated rings. The van der Waals surface area contributed by atoms with E-state index in [9.17, 15) is 4.79 Å². The number of carboxylic acids is 1. The zero-order valence-electron chi connectivity index (χ0n) is 11.2. The van der Waals surface area contributed by atoms with E-state index in [4.69, 9.17) is 10.2 Å². The summed E-state index contributed by atoms with van der Waals surface area (Å²) in [5.74, 6) is -0.808. The van der Waals surface area contributed by atoms with Gasteiger partial charge in [-0.25, -0.2) is 0 Å². The lowest BCUT2D eigenvalue weighted by Crippen LogP contribution is -2.39. The van der Waals surface area contributed by atoms with E-state index in [1.54, 1.807) is 6.20 Å². The number of carbonyl (C=O) groups is 1. The van der Waals surface area contributed by atoms with E-state index in [2.05, 4.69) is 10.4 Å². The van der Waals surface area contributed by atoms with Gasteiger partial charge in [-0.3, -0.25) is 14.8 Å². The van der Waals surface area contributed by atoms with Gasteiger partial charge in [-0.1, -0.05) is 6.92 Å². The number of aliphatic carboxylic acids is 1. The highest BCUT2D eigenvalue weighted by Crippen LogP contribution is 2.30. The summed E-state index contributed by atoms with van der Waals surface area (Å²) in [6.07, 6.45) is 5.25. The molecule has 6 heteroatoms. The van der Waals surface area contributed by atoms with Crippen LogP contribution in [0, 0.1) is 0 Å². The number of fused-ring (bicyclic) bond motifs is 1. The van der Waals surface area contributed by atoms with E-state index in [0.717, 1.165) is 30.5 Å². The Hall–Kier alpha value is -1.40. The molecule has 1 aromatic rings. The van der Waals surface area contributed by atoms with Crippen LogP contribution in [0.2, 0.25) is 0 Å². The maximum Gasteiger partial charge on any atom is 0.320 e.